The topological polar surface area (TPSA) is 124 Å². The molecule has 0 atom stereocenters. The maximum Gasteiger partial charge on any atom is 0.309 e. The monoisotopic (exact) mass is 436 g/mol. The largest absolute Gasteiger partial charge is 0.504 e. The van der Waals surface area contributed by atoms with Gasteiger partial charge in [0, 0.05) is 0 Å². The Morgan fingerprint density at radius 3 is 2.03 bits per heavy atom. The fourth-order valence-electron chi connectivity index (χ4n) is 3.92. The van der Waals surface area contributed by atoms with Gasteiger partial charge in [-0.25, -0.2) is 0 Å². The summed E-state index contributed by atoms with van der Waals surface area (Å²) in [7, 11) is 0. The van der Waals surface area contributed by atoms with Crippen molar-refractivity contribution in [3.63, 3.8) is 0 Å². The van der Waals surface area contributed by atoms with E-state index in [1.807, 2.05) is 0 Å². The first-order valence-corrected chi connectivity index (χ1v) is 11.2. The van der Waals surface area contributed by atoms with E-state index in [9.17, 15) is 24.9 Å². The summed E-state index contributed by atoms with van der Waals surface area (Å²) >= 11 is 0. The van der Waals surface area contributed by atoms with E-state index in [2.05, 4.69) is 0 Å². The molecule has 0 aliphatic heterocycles. The van der Waals surface area contributed by atoms with Crippen LogP contribution in [-0.4, -0.2) is 38.5 Å². The van der Waals surface area contributed by atoms with Gasteiger partial charge in [0.2, 0.25) is 5.75 Å². The maximum absolute atomic E-state index is 11.1. The van der Waals surface area contributed by atoms with Crippen molar-refractivity contribution in [1.29, 1.82) is 0 Å². The standard InChI is InChI=1S/C24H36O7/c1-23(2,22(29)30)11-7-4-3-5-9-17-15-18(20(27)21(28)19(17)26)10-6-8-12-24(13-14-24)31-16-25/h15-16,26-28H,3-14H2,1-2H3,(H,29,30). The Labute approximate surface area is 184 Å². The molecule has 0 saturated heterocycles. The molecule has 174 valence electrons. The number of rotatable bonds is 15. The number of aryl methyl sites for hydroxylation is 2. The molecule has 1 aromatic carbocycles. The number of benzene rings is 1. The van der Waals surface area contributed by atoms with Crippen LogP contribution in [0.1, 0.15) is 89.2 Å². The van der Waals surface area contributed by atoms with Gasteiger partial charge in [-0.2, -0.15) is 0 Å². The van der Waals surface area contributed by atoms with Gasteiger partial charge in [-0.3, -0.25) is 9.59 Å². The summed E-state index contributed by atoms with van der Waals surface area (Å²) in [5.74, 6) is -1.81. The Hall–Kier alpha value is -2.44. The van der Waals surface area contributed by atoms with E-state index in [1.165, 1.54) is 0 Å². The van der Waals surface area contributed by atoms with Crippen LogP contribution in [0.25, 0.3) is 0 Å². The van der Waals surface area contributed by atoms with E-state index in [-0.39, 0.29) is 17.1 Å². The lowest BCUT2D eigenvalue weighted by atomic mass is 9.87. The van der Waals surface area contributed by atoms with Crippen LogP contribution in [0.2, 0.25) is 0 Å². The molecule has 0 heterocycles. The van der Waals surface area contributed by atoms with E-state index in [1.54, 1.807) is 19.9 Å². The molecule has 7 heteroatoms. The van der Waals surface area contributed by atoms with Gasteiger partial charge in [0.05, 0.1) is 5.41 Å². The molecule has 0 bridgehead atoms. The van der Waals surface area contributed by atoms with E-state index in [0.29, 0.717) is 36.9 Å². The number of carboxylic acids is 1. The predicted octanol–water partition coefficient (Wildman–Crippen LogP) is 4.83. The van der Waals surface area contributed by atoms with Crippen LogP contribution in [0.15, 0.2) is 6.07 Å². The minimum absolute atomic E-state index is 0.274. The van der Waals surface area contributed by atoms with E-state index < -0.39 is 17.1 Å². The average molecular weight is 437 g/mol. The molecule has 7 nitrogen and oxygen atoms in total. The first-order valence-electron chi connectivity index (χ1n) is 11.2. The summed E-state index contributed by atoms with van der Waals surface area (Å²) < 4.78 is 5.14. The number of hydrogen-bond acceptors (Lipinski definition) is 6. The zero-order chi connectivity index (χ0) is 23.1. The first-order chi connectivity index (χ1) is 14.6. The summed E-state index contributed by atoms with van der Waals surface area (Å²) in [4.78, 5) is 21.7. The van der Waals surface area contributed by atoms with E-state index in [4.69, 9.17) is 9.84 Å². The second-order valence-corrected chi connectivity index (χ2v) is 9.45. The van der Waals surface area contributed by atoms with Crippen LogP contribution in [0.3, 0.4) is 0 Å². The third kappa shape index (κ3) is 7.04. The number of phenols is 3. The van der Waals surface area contributed by atoms with Crippen molar-refractivity contribution in [3.05, 3.63) is 17.2 Å². The number of ether oxygens (including phenoxy) is 1. The number of aliphatic carboxylic acids is 1. The molecule has 1 aliphatic rings. The zero-order valence-corrected chi connectivity index (χ0v) is 18.7. The highest BCUT2D eigenvalue weighted by Gasteiger charge is 2.44. The Kier molecular flexibility index (Phi) is 8.60. The van der Waals surface area contributed by atoms with Gasteiger partial charge in [-0.05, 0) is 88.8 Å². The Bertz CT molecular complexity index is 766. The summed E-state index contributed by atoms with van der Waals surface area (Å²) in [6, 6.07) is 1.76. The number of phenolic OH excluding ortho intramolecular Hbond substituents is 3. The lowest BCUT2D eigenvalue weighted by molar-refractivity contribution is -0.147. The van der Waals surface area contributed by atoms with E-state index >= 15 is 0 Å². The van der Waals surface area contributed by atoms with Crippen molar-refractivity contribution in [2.24, 2.45) is 5.41 Å². The van der Waals surface area contributed by atoms with Crippen molar-refractivity contribution in [2.45, 2.75) is 96.5 Å². The first kappa shape index (κ1) is 24.8. The van der Waals surface area contributed by atoms with Crippen molar-refractivity contribution in [2.75, 3.05) is 0 Å². The van der Waals surface area contributed by atoms with Crippen LogP contribution < -0.4 is 0 Å². The molecule has 31 heavy (non-hydrogen) atoms. The Morgan fingerprint density at radius 2 is 1.52 bits per heavy atom. The highest BCUT2D eigenvalue weighted by Crippen LogP contribution is 2.44. The van der Waals surface area contributed by atoms with Gasteiger partial charge >= 0.3 is 5.97 Å². The summed E-state index contributed by atoms with van der Waals surface area (Å²) in [5, 5.41) is 39.6. The molecule has 1 saturated carbocycles. The fraction of sp³-hybridized carbons (Fsp3) is 0.667. The molecule has 0 aromatic heterocycles. The molecular formula is C24H36O7. The van der Waals surface area contributed by atoms with Crippen LogP contribution in [-0.2, 0) is 27.2 Å². The van der Waals surface area contributed by atoms with Crippen molar-refractivity contribution in [3.8, 4) is 17.2 Å². The summed E-state index contributed by atoms with van der Waals surface area (Å²) in [6.45, 7) is 3.97. The van der Waals surface area contributed by atoms with Gasteiger partial charge in [0.15, 0.2) is 11.5 Å². The molecule has 0 unspecified atom stereocenters. The minimum atomic E-state index is -0.784. The second kappa shape index (κ2) is 10.7. The number of hydrogen-bond donors (Lipinski definition) is 4. The lowest BCUT2D eigenvalue weighted by Gasteiger charge is -2.18. The van der Waals surface area contributed by atoms with Crippen molar-refractivity contribution < 1.29 is 34.8 Å². The van der Waals surface area contributed by atoms with Gasteiger partial charge in [-0.15, -0.1) is 0 Å². The van der Waals surface area contributed by atoms with Crippen LogP contribution in [0, 0.1) is 5.41 Å². The third-order valence-corrected chi connectivity index (χ3v) is 6.42. The summed E-state index contributed by atoms with van der Waals surface area (Å²) in [5.41, 5.74) is 0.217. The molecule has 1 aromatic rings. The highest BCUT2D eigenvalue weighted by atomic mass is 16.5. The Morgan fingerprint density at radius 1 is 0.968 bits per heavy atom. The highest BCUT2D eigenvalue weighted by molar-refractivity contribution is 5.73. The van der Waals surface area contributed by atoms with Crippen molar-refractivity contribution >= 4 is 12.4 Å². The number of unbranched alkanes of at least 4 members (excludes halogenated alkanes) is 4. The van der Waals surface area contributed by atoms with Crippen LogP contribution in [0.4, 0.5) is 0 Å². The fourth-order valence-corrected chi connectivity index (χ4v) is 3.92. The van der Waals surface area contributed by atoms with E-state index in [0.717, 1.165) is 57.8 Å². The maximum atomic E-state index is 11.1. The molecule has 1 aliphatic carbocycles. The predicted molar refractivity (Wildman–Crippen MR) is 116 cm³/mol. The third-order valence-electron chi connectivity index (χ3n) is 6.42. The number of aromatic hydroxyl groups is 3. The molecule has 1 fully saturated rings. The number of carbonyl (C=O) groups is 2. The zero-order valence-electron chi connectivity index (χ0n) is 18.7. The average Bonchev–Trinajstić information content (AvgIpc) is 3.48. The smallest absolute Gasteiger partial charge is 0.309 e. The second-order valence-electron chi connectivity index (χ2n) is 9.45. The number of carbonyl (C=O) groups excluding carboxylic acids is 1. The normalized spacial score (nSPS) is 14.9. The lowest BCUT2D eigenvalue weighted by Crippen LogP contribution is -2.23. The molecule has 4 N–H and O–H groups in total. The molecule has 0 radical (unpaired) electrons. The molecule has 0 amide bonds. The number of carboxylic acid groups (broad SMARTS) is 1. The summed E-state index contributed by atoms with van der Waals surface area (Å²) in [6.07, 6.45) is 9.40. The quantitative estimate of drug-likeness (QED) is 0.176. The minimum Gasteiger partial charge on any atom is -0.504 e. The molecule has 2 rings (SSSR count). The van der Waals surface area contributed by atoms with Crippen LogP contribution >= 0.6 is 0 Å². The SMILES string of the molecule is CC(C)(CCCCCCc1cc(CCCCC2(OC=O)CC2)c(O)c(O)c1O)C(=O)O. The van der Waals surface area contributed by atoms with Gasteiger partial charge < -0.3 is 25.2 Å². The van der Waals surface area contributed by atoms with Crippen LogP contribution in [0.5, 0.6) is 17.2 Å². The molecule has 0 spiro atoms. The van der Waals surface area contributed by atoms with Crippen molar-refractivity contribution in [1.82, 2.24) is 0 Å². The molecular weight excluding hydrogens is 400 g/mol. The Balaban J connectivity index is 1.80. The van der Waals surface area contributed by atoms with Gasteiger partial charge in [0.25, 0.3) is 6.47 Å². The van der Waals surface area contributed by atoms with Gasteiger partial charge in [0.1, 0.15) is 5.60 Å². The van der Waals surface area contributed by atoms with Gasteiger partial charge in [-0.1, -0.05) is 19.3 Å².